The van der Waals surface area contributed by atoms with E-state index in [4.69, 9.17) is 14.9 Å². The summed E-state index contributed by atoms with van der Waals surface area (Å²) in [6.07, 6.45) is 1.03. The van der Waals surface area contributed by atoms with Gasteiger partial charge in [0.05, 0.1) is 12.4 Å². The minimum atomic E-state index is -0.769. The Labute approximate surface area is 60.9 Å². The van der Waals surface area contributed by atoms with Gasteiger partial charge in [0, 0.05) is 0 Å². The van der Waals surface area contributed by atoms with Crippen LogP contribution in [0.3, 0.4) is 0 Å². The Morgan fingerprint density at radius 1 is 1.70 bits per heavy atom. The molecule has 0 saturated heterocycles. The van der Waals surface area contributed by atoms with E-state index in [0.717, 1.165) is 5.76 Å². The highest BCUT2D eigenvalue weighted by atomic mass is 16.5. The van der Waals surface area contributed by atoms with Gasteiger partial charge in [0.2, 0.25) is 0 Å². The fourth-order valence-corrected chi connectivity index (χ4v) is 0.364. The van der Waals surface area contributed by atoms with Crippen LogP contribution < -0.4 is 0 Å². The summed E-state index contributed by atoms with van der Waals surface area (Å²) in [6, 6.07) is 0. The molecule has 60 valence electrons. The standard InChI is InChI=1S/C7H14O3/c1-3-6(2)10-5-7(9)4-8/h3,7-9H,4-5H2,1-2H3/b6-3-. The monoisotopic (exact) mass is 146 g/mol. The van der Waals surface area contributed by atoms with E-state index in [1.807, 2.05) is 6.92 Å². The molecule has 0 aliphatic rings. The summed E-state index contributed by atoms with van der Waals surface area (Å²) in [7, 11) is 0. The molecule has 0 amide bonds. The Bertz CT molecular complexity index is 109. The summed E-state index contributed by atoms with van der Waals surface area (Å²) in [5.74, 6) is 0.757. The first-order chi connectivity index (χ1) is 4.70. The van der Waals surface area contributed by atoms with Gasteiger partial charge in [0.15, 0.2) is 0 Å². The summed E-state index contributed by atoms with van der Waals surface area (Å²) in [4.78, 5) is 0. The maximum atomic E-state index is 8.80. The summed E-state index contributed by atoms with van der Waals surface area (Å²) in [5.41, 5.74) is 0. The van der Waals surface area contributed by atoms with E-state index in [9.17, 15) is 0 Å². The third-order valence-corrected chi connectivity index (χ3v) is 1.12. The van der Waals surface area contributed by atoms with Crippen LogP contribution in [0.5, 0.6) is 0 Å². The third-order valence-electron chi connectivity index (χ3n) is 1.12. The van der Waals surface area contributed by atoms with E-state index in [2.05, 4.69) is 0 Å². The highest BCUT2D eigenvalue weighted by molar-refractivity contribution is 4.84. The average Bonchev–Trinajstić information content (AvgIpc) is 1.99. The van der Waals surface area contributed by atoms with Crippen molar-refractivity contribution >= 4 is 0 Å². The highest BCUT2D eigenvalue weighted by Gasteiger charge is 2.00. The lowest BCUT2D eigenvalue weighted by molar-refractivity contribution is 0.0305. The molecule has 0 saturated carbocycles. The van der Waals surface area contributed by atoms with Gasteiger partial charge in [-0.1, -0.05) is 6.08 Å². The van der Waals surface area contributed by atoms with Gasteiger partial charge in [0.1, 0.15) is 12.7 Å². The summed E-state index contributed by atoms with van der Waals surface area (Å²) < 4.78 is 4.99. The summed E-state index contributed by atoms with van der Waals surface area (Å²) in [6.45, 7) is 3.55. The number of hydrogen-bond acceptors (Lipinski definition) is 3. The first kappa shape index (κ1) is 9.46. The predicted molar refractivity (Wildman–Crippen MR) is 38.5 cm³/mol. The van der Waals surface area contributed by atoms with Crippen molar-refractivity contribution in [3.63, 3.8) is 0 Å². The normalized spacial score (nSPS) is 15.0. The van der Waals surface area contributed by atoms with Gasteiger partial charge in [-0.2, -0.15) is 0 Å². The van der Waals surface area contributed by atoms with Gasteiger partial charge in [-0.15, -0.1) is 0 Å². The molecule has 3 nitrogen and oxygen atoms in total. The molecule has 1 atom stereocenters. The van der Waals surface area contributed by atoms with E-state index in [0.29, 0.717) is 0 Å². The molecule has 0 spiro atoms. The molecule has 0 aliphatic carbocycles. The first-order valence-electron chi connectivity index (χ1n) is 3.25. The number of hydrogen-bond donors (Lipinski definition) is 2. The Kier molecular flexibility index (Phi) is 4.98. The molecule has 0 rings (SSSR count). The molecule has 0 aromatic rings. The van der Waals surface area contributed by atoms with Gasteiger partial charge in [-0.3, -0.25) is 0 Å². The van der Waals surface area contributed by atoms with Crippen molar-refractivity contribution in [2.75, 3.05) is 13.2 Å². The molecule has 0 radical (unpaired) electrons. The molecule has 0 aliphatic heterocycles. The van der Waals surface area contributed by atoms with Crippen LogP contribution in [0.2, 0.25) is 0 Å². The number of ether oxygens (including phenoxy) is 1. The quantitative estimate of drug-likeness (QED) is 0.560. The van der Waals surface area contributed by atoms with Crippen LogP contribution in [0, 0.1) is 0 Å². The van der Waals surface area contributed by atoms with Crippen LogP contribution in [0.25, 0.3) is 0 Å². The van der Waals surface area contributed by atoms with Crippen molar-refractivity contribution in [3.8, 4) is 0 Å². The molecular formula is C7H14O3. The van der Waals surface area contributed by atoms with Crippen molar-refractivity contribution in [1.82, 2.24) is 0 Å². The first-order valence-corrected chi connectivity index (χ1v) is 3.25. The lowest BCUT2D eigenvalue weighted by Gasteiger charge is -2.08. The van der Waals surface area contributed by atoms with Crippen molar-refractivity contribution in [3.05, 3.63) is 11.8 Å². The maximum absolute atomic E-state index is 8.80. The zero-order chi connectivity index (χ0) is 7.98. The van der Waals surface area contributed by atoms with Gasteiger partial charge < -0.3 is 14.9 Å². The topological polar surface area (TPSA) is 49.7 Å². The molecule has 0 aromatic carbocycles. The van der Waals surface area contributed by atoms with Gasteiger partial charge in [0.25, 0.3) is 0 Å². The van der Waals surface area contributed by atoms with E-state index in [1.54, 1.807) is 13.0 Å². The van der Waals surface area contributed by atoms with Crippen molar-refractivity contribution < 1.29 is 14.9 Å². The minimum Gasteiger partial charge on any atom is -0.496 e. The smallest absolute Gasteiger partial charge is 0.116 e. The van der Waals surface area contributed by atoms with Crippen molar-refractivity contribution in [2.45, 2.75) is 20.0 Å². The predicted octanol–water partition coefficient (Wildman–Crippen LogP) is 0.280. The summed E-state index contributed by atoms with van der Waals surface area (Å²) >= 11 is 0. The second-order valence-corrected chi connectivity index (χ2v) is 2.05. The molecule has 0 aromatic heterocycles. The maximum Gasteiger partial charge on any atom is 0.116 e. The lowest BCUT2D eigenvalue weighted by atomic mass is 10.4. The second-order valence-electron chi connectivity index (χ2n) is 2.05. The van der Waals surface area contributed by atoms with E-state index in [-0.39, 0.29) is 13.2 Å². The fourth-order valence-electron chi connectivity index (χ4n) is 0.364. The molecule has 2 N–H and O–H groups in total. The van der Waals surface area contributed by atoms with Crippen LogP contribution in [-0.2, 0) is 4.74 Å². The Balaban J connectivity index is 3.35. The number of aliphatic hydroxyl groups excluding tert-OH is 2. The molecule has 3 heteroatoms. The van der Waals surface area contributed by atoms with Crippen LogP contribution in [0.4, 0.5) is 0 Å². The van der Waals surface area contributed by atoms with E-state index in [1.165, 1.54) is 0 Å². The molecule has 10 heavy (non-hydrogen) atoms. The number of allylic oxidation sites excluding steroid dienone is 2. The zero-order valence-electron chi connectivity index (χ0n) is 6.37. The average molecular weight is 146 g/mol. The fraction of sp³-hybridized carbons (Fsp3) is 0.714. The Morgan fingerprint density at radius 3 is 2.70 bits per heavy atom. The lowest BCUT2D eigenvalue weighted by Crippen LogP contribution is -2.18. The SMILES string of the molecule is C/C=C(/C)OCC(O)CO. The molecule has 0 fully saturated rings. The highest BCUT2D eigenvalue weighted by Crippen LogP contribution is 1.95. The van der Waals surface area contributed by atoms with Gasteiger partial charge in [-0.05, 0) is 13.8 Å². The van der Waals surface area contributed by atoms with Crippen LogP contribution in [0.1, 0.15) is 13.8 Å². The Hall–Kier alpha value is -0.540. The largest absolute Gasteiger partial charge is 0.496 e. The van der Waals surface area contributed by atoms with Crippen molar-refractivity contribution in [2.24, 2.45) is 0 Å². The minimum absolute atomic E-state index is 0.159. The van der Waals surface area contributed by atoms with E-state index < -0.39 is 6.10 Å². The Morgan fingerprint density at radius 2 is 2.30 bits per heavy atom. The number of rotatable bonds is 4. The van der Waals surface area contributed by atoms with Crippen LogP contribution in [-0.4, -0.2) is 29.5 Å². The molecule has 0 heterocycles. The van der Waals surface area contributed by atoms with E-state index >= 15 is 0 Å². The van der Waals surface area contributed by atoms with Gasteiger partial charge in [-0.25, -0.2) is 0 Å². The molecule has 0 bridgehead atoms. The second kappa shape index (κ2) is 5.26. The molecule has 1 unspecified atom stereocenters. The van der Waals surface area contributed by atoms with Crippen LogP contribution >= 0.6 is 0 Å². The van der Waals surface area contributed by atoms with Crippen molar-refractivity contribution in [1.29, 1.82) is 0 Å². The summed E-state index contributed by atoms with van der Waals surface area (Å²) in [5, 5.41) is 17.2. The zero-order valence-corrected chi connectivity index (χ0v) is 6.37. The molecular weight excluding hydrogens is 132 g/mol. The number of aliphatic hydroxyl groups is 2. The third kappa shape index (κ3) is 4.35. The van der Waals surface area contributed by atoms with Gasteiger partial charge >= 0.3 is 0 Å². The van der Waals surface area contributed by atoms with Crippen LogP contribution in [0.15, 0.2) is 11.8 Å².